The molecular weight excluding hydrogens is 347 g/mol. The van der Waals surface area contributed by atoms with E-state index in [1.807, 2.05) is 0 Å². The first-order valence-electron chi connectivity index (χ1n) is 8.46. The molecule has 2 heterocycles. The van der Waals surface area contributed by atoms with Crippen molar-refractivity contribution in [1.82, 2.24) is 10.1 Å². The third-order valence-electron chi connectivity index (χ3n) is 4.65. The first kappa shape index (κ1) is 16.9. The Hall–Kier alpha value is -3.53. The first-order valence-corrected chi connectivity index (χ1v) is 8.46. The smallest absolute Gasteiger partial charge is 0.257 e. The number of benzene rings is 2. The second kappa shape index (κ2) is 6.65. The molecule has 4 rings (SSSR count). The number of halogens is 1. The molecule has 0 bridgehead atoms. The van der Waals surface area contributed by atoms with Crippen LogP contribution in [0, 0.1) is 24.1 Å². The molecule has 3 aromatic rings. The summed E-state index contributed by atoms with van der Waals surface area (Å²) < 4.78 is 18.8. The van der Waals surface area contributed by atoms with Crippen LogP contribution in [0.1, 0.15) is 29.3 Å². The van der Waals surface area contributed by atoms with Crippen LogP contribution in [0.4, 0.5) is 10.1 Å². The second-order valence-corrected chi connectivity index (χ2v) is 6.49. The number of hydrogen-bond donors (Lipinski definition) is 0. The molecule has 27 heavy (non-hydrogen) atoms. The van der Waals surface area contributed by atoms with E-state index in [1.54, 1.807) is 48.2 Å². The Morgan fingerprint density at radius 1 is 1.26 bits per heavy atom. The molecule has 0 radical (unpaired) electrons. The Labute approximate surface area is 154 Å². The Bertz CT molecular complexity index is 1050. The summed E-state index contributed by atoms with van der Waals surface area (Å²) in [6.07, 6.45) is 0.267. The van der Waals surface area contributed by atoms with E-state index in [2.05, 4.69) is 16.2 Å². The highest BCUT2D eigenvalue weighted by atomic mass is 19.1. The SMILES string of the molecule is Cc1cc(N2CC(c3noc(-c4ccc(C#N)cc4)n3)CC2=O)ccc1F. The maximum absolute atomic E-state index is 13.5. The molecule has 2 aromatic carbocycles. The Morgan fingerprint density at radius 2 is 2.04 bits per heavy atom. The van der Waals surface area contributed by atoms with Gasteiger partial charge in [-0.05, 0) is 55.0 Å². The van der Waals surface area contributed by atoms with Gasteiger partial charge < -0.3 is 9.42 Å². The minimum Gasteiger partial charge on any atom is -0.334 e. The van der Waals surface area contributed by atoms with Gasteiger partial charge in [0.25, 0.3) is 5.89 Å². The fourth-order valence-corrected chi connectivity index (χ4v) is 3.13. The van der Waals surface area contributed by atoms with E-state index in [9.17, 15) is 9.18 Å². The van der Waals surface area contributed by atoms with Crippen LogP contribution in [0.3, 0.4) is 0 Å². The van der Waals surface area contributed by atoms with Crippen LogP contribution in [-0.4, -0.2) is 22.6 Å². The van der Waals surface area contributed by atoms with Gasteiger partial charge in [-0.2, -0.15) is 10.2 Å². The van der Waals surface area contributed by atoms with Crippen LogP contribution < -0.4 is 4.90 Å². The Kier molecular flexibility index (Phi) is 4.16. The van der Waals surface area contributed by atoms with E-state index in [1.165, 1.54) is 6.07 Å². The fraction of sp³-hybridized carbons (Fsp3) is 0.200. The molecule has 7 heteroatoms. The zero-order valence-electron chi connectivity index (χ0n) is 14.5. The highest BCUT2D eigenvalue weighted by Gasteiger charge is 2.34. The van der Waals surface area contributed by atoms with Gasteiger partial charge in [0.2, 0.25) is 5.91 Å². The number of rotatable bonds is 3. The predicted molar refractivity (Wildman–Crippen MR) is 95.3 cm³/mol. The van der Waals surface area contributed by atoms with Gasteiger partial charge in [0, 0.05) is 30.1 Å². The Morgan fingerprint density at radius 3 is 2.74 bits per heavy atom. The van der Waals surface area contributed by atoms with Crippen LogP contribution >= 0.6 is 0 Å². The molecule has 1 atom stereocenters. The normalized spacial score (nSPS) is 16.6. The summed E-state index contributed by atoms with van der Waals surface area (Å²) in [6.45, 7) is 2.08. The largest absolute Gasteiger partial charge is 0.334 e. The van der Waals surface area contributed by atoms with E-state index in [0.717, 1.165) is 0 Å². The van der Waals surface area contributed by atoms with Crippen molar-refractivity contribution in [3.63, 3.8) is 0 Å². The molecule has 6 nitrogen and oxygen atoms in total. The van der Waals surface area contributed by atoms with Gasteiger partial charge in [0.05, 0.1) is 11.6 Å². The minimum absolute atomic E-state index is 0.0595. The maximum atomic E-state index is 13.5. The van der Waals surface area contributed by atoms with Crippen molar-refractivity contribution < 1.29 is 13.7 Å². The van der Waals surface area contributed by atoms with Gasteiger partial charge in [-0.1, -0.05) is 5.16 Å². The van der Waals surface area contributed by atoms with Gasteiger partial charge in [-0.25, -0.2) is 4.39 Å². The number of aromatic nitrogens is 2. The van der Waals surface area contributed by atoms with E-state index in [4.69, 9.17) is 9.78 Å². The molecule has 0 N–H and O–H groups in total. The lowest BCUT2D eigenvalue weighted by atomic mass is 10.1. The van der Waals surface area contributed by atoms with Crippen LogP contribution in [0.15, 0.2) is 47.0 Å². The molecule has 1 aliphatic rings. The summed E-state index contributed by atoms with van der Waals surface area (Å²) in [7, 11) is 0. The van der Waals surface area contributed by atoms with Crippen molar-refractivity contribution in [2.45, 2.75) is 19.3 Å². The quantitative estimate of drug-likeness (QED) is 0.711. The number of nitriles is 1. The van der Waals surface area contributed by atoms with E-state index in [0.29, 0.717) is 40.6 Å². The van der Waals surface area contributed by atoms with Crippen molar-refractivity contribution in [2.24, 2.45) is 0 Å². The molecule has 1 unspecified atom stereocenters. The Balaban J connectivity index is 1.54. The van der Waals surface area contributed by atoms with E-state index >= 15 is 0 Å². The van der Waals surface area contributed by atoms with Crippen LogP contribution in [-0.2, 0) is 4.79 Å². The van der Waals surface area contributed by atoms with Gasteiger partial charge in [-0.3, -0.25) is 4.79 Å². The number of hydrogen-bond acceptors (Lipinski definition) is 5. The molecule has 0 spiro atoms. The number of carbonyl (C=O) groups excluding carboxylic acids is 1. The third kappa shape index (κ3) is 3.17. The molecular formula is C20H15FN4O2. The summed E-state index contributed by atoms with van der Waals surface area (Å²) in [4.78, 5) is 18.4. The summed E-state index contributed by atoms with van der Waals surface area (Å²) in [5.41, 5.74) is 2.41. The summed E-state index contributed by atoms with van der Waals surface area (Å²) in [5.74, 6) is 0.253. The topological polar surface area (TPSA) is 83.0 Å². The number of aryl methyl sites for hydroxylation is 1. The van der Waals surface area contributed by atoms with Gasteiger partial charge in [0.1, 0.15) is 5.82 Å². The molecule has 1 aliphatic heterocycles. The highest BCUT2D eigenvalue weighted by molar-refractivity contribution is 5.96. The van der Waals surface area contributed by atoms with Gasteiger partial charge in [-0.15, -0.1) is 0 Å². The summed E-state index contributed by atoms with van der Waals surface area (Å²) >= 11 is 0. The zero-order valence-corrected chi connectivity index (χ0v) is 14.5. The van der Waals surface area contributed by atoms with Gasteiger partial charge in [0.15, 0.2) is 5.82 Å². The lowest BCUT2D eigenvalue weighted by molar-refractivity contribution is -0.117. The molecule has 1 aromatic heterocycles. The van der Waals surface area contributed by atoms with Crippen molar-refractivity contribution in [3.05, 3.63) is 65.2 Å². The molecule has 0 aliphatic carbocycles. The lowest BCUT2D eigenvalue weighted by Crippen LogP contribution is -2.24. The average molecular weight is 362 g/mol. The molecule has 1 fully saturated rings. The van der Waals surface area contributed by atoms with E-state index < -0.39 is 0 Å². The number of amides is 1. The molecule has 1 saturated heterocycles. The highest BCUT2D eigenvalue weighted by Crippen LogP contribution is 2.32. The van der Waals surface area contributed by atoms with E-state index in [-0.39, 0.29) is 24.1 Å². The predicted octanol–water partition coefficient (Wildman–Crippen LogP) is 3.58. The lowest BCUT2D eigenvalue weighted by Gasteiger charge is -2.16. The van der Waals surface area contributed by atoms with Gasteiger partial charge >= 0.3 is 0 Å². The molecule has 0 saturated carbocycles. The van der Waals surface area contributed by atoms with Crippen molar-refractivity contribution in [3.8, 4) is 17.5 Å². The molecule has 134 valence electrons. The van der Waals surface area contributed by atoms with Crippen molar-refractivity contribution in [2.75, 3.05) is 11.4 Å². The average Bonchev–Trinajstić information content (AvgIpc) is 3.31. The number of anilines is 1. The maximum Gasteiger partial charge on any atom is 0.257 e. The summed E-state index contributed by atoms with van der Waals surface area (Å²) in [6, 6.07) is 13.5. The third-order valence-corrected chi connectivity index (χ3v) is 4.65. The van der Waals surface area contributed by atoms with Crippen molar-refractivity contribution >= 4 is 11.6 Å². The standard InChI is InChI=1S/C20H15FN4O2/c1-12-8-16(6-7-17(12)21)25-11-15(9-18(25)26)19-23-20(27-24-19)14-4-2-13(10-22)3-5-14/h2-8,15H,9,11H2,1H3. The van der Waals surface area contributed by atoms with Crippen LogP contribution in [0.5, 0.6) is 0 Å². The summed E-state index contributed by atoms with van der Waals surface area (Å²) in [5, 5.41) is 12.9. The number of carbonyl (C=O) groups is 1. The molecule has 1 amide bonds. The fourth-order valence-electron chi connectivity index (χ4n) is 3.13. The zero-order chi connectivity index (χ0) is 19.0. The first-order chi connectivity index (χ1) is 13.0. The number of nitrogens with zero attached hydrogens (tertiary/aromatic N) is 4. The minimum atomic E-state index is -0.299. The monoisotopic (exact) mass is 362 g/mol. The van der Waals surface area contributed by atoms with Crippen LogP contribution in [0.2, 0.25) is 0 Å². The van der Waals surface area contributed by atoms with Crippen molar-refractivity contribution in [1.29, 1.82) is 5.26 Å². The second-order valence-electron chi connectivity index (χ2n) is 6.49. The van der Waals surface area contributed by atoms with Crippen LogP contribution in [0.25, 0.3) is 11.5 Å².